The van der Waals surface area contributed by atoms with Gasteiger partial charge in [-0.2, -0.15) is 0 Å². The number of aliphatic hydroxyl groups excluding tert-OH is 23. The van der Waals surface area contributed by atoms with E-state index in [-0.39, 0.29) is 0 Å². The van der Waals surface area contributed by atoms with E-state index < -0.39 is 267 Å². The summed E-state index contributed by atoms with van der Waals surface area (Å²) >= 11 is 0. The Morgan fingerprint density at radius 3 is 0.951 bits per heavy atom. The SMILES string of the molecule is C#CCNC(=O)[C@@H](O)[C@H](O)[C@H](O[C@H]1O[C@H](CO)[C@@H](O[C@H]2O[C@H](CO)[C@@H](O[C@H]3O[C@H](CO)[C@@H](O[C@H]4O[C@H](CO)[C@@H](O[C@H]5O[C@H](CO)[C@@H](O[C@H]6O[C@H](CO)[C@@H](O)[C@H](O)[C@H]6O)[C@H](O)[C@H]5O)[C@H](O)[C@H]4O)[C@H](O)[C@H]3O)[C@H](O)[C@H]2O)[C@H](O)[C@H]1O)[C@H](O)CO. The lowest BCUT2D eigenvalue weighted by Gasteiger charge is -2.50. The maximum atomic E-state index is 12.2. The smallest absolute Gasteiger partial charge is 0.252 e. The highest BCUT2D eigenvalue weighted by molar-refractivity contribution is 5.81. The number of hydrogen-bond donors (Lipinski definition) is 24. The predicted molar refractivity (Wildman–Crippen MR) is 249 cm³/mol. The fraction of sp³-hybridized carbons (Fsp3) is 0.933. The van der Waals surface area contributed by atoms with Crippen LogP contribution in [0.5, 0.6) is 0 Å². The van der Waals surface area contributed by atoms with E-state index in [1.54, 1.807) is 0 Å². The summed E-state index contributed by atoms with van der Waals surface area (Å²) in [7, 11) is 0. The van der Waals surface area contributed by atoms with Gasteiger partial charge in [0.15, 0.2) is 43.8 Å². The molecule has 1 amide bonds. The topological polar surface area (TPSA) is 605 Å². The van der Waals surface area contributed by atoms with Gasteiger partial charge in [0.2, 0.25) is 0 Å². The molecule has 34 atom stereocenters. The Morgan fingerprint density at radius 2 is 0.671 bits per heavy atom. The normalized spacial score (nSPS) is 47.2. The van der Waals surface area contributed by atoms with Gasteiger partial charge in [0, 0.05) is 0 Å². The first kappa shape index (κ1) is 68.7. The molecule has 6 heterocycles. The minimum atomic E-state index is -2.35. The molecule has 0 aromatic heterocycles. The molecule has 6 fully saturated rings. The molecule has 6 saturated heterocycles. The fourth-order valence-electron chi connectivity index (χ4n) is 9.85. The first-order valence-corrected chi connectivity index (χ1v) is 25.6. The lowest BCUT2D eigenvalue weighted by Crippen LogP contribution is -2.68. The first-order valence-electron chi connectivity index (χ1n) is 25.6. The van der Waals surface area contributed by atoms with E-state index in [1.165, 1.54) is 0 Å². The Balaban J connectivity index is 1.06. The van der Waals surface area contributed by atoms with Gasteiger partial charge in [-0.15, -0.1) is 6.42 Å². The van der Waals surface area contributed by atoms with E-state index in [0.717, 1.165) is 0 Å². The molecular weight excluding hydrogens is 1130 g/mol. The van der Waals surface area contributed by atoms with Crippen molar-refractivity contribution in [3.63, 3.8) is 0 Å². The zero-order chi connectivity index (χ0) is 60.8. The summed E-state index contributed by atoms with van der Waals surface area (Å²) in [6.45, 7) is -7.70. The van der Waals surface area contributed by atoms with Crippen LogP contribution in [0.1, 0.15) is 0 Å². The molecule has 0 aliphatic carbocycles. The Morgan fingerprint density at radius 1 is 0.402 bits per heavy atom. The van der Waals surface area contributed by atoms with Gasteiger partial charge in [-0.05, 0) is 0 Å². The van der Waals surface area contributed by atoms with E-state index in [0.29, 0.717) is 0 Å². The second kappa shape index (κ2) is 30.5. The molecule has 0 radical (unpaired) electrons. The number of aliphatic hydroxyl groups is 23. The van der Waals surface area contributed by atoms with Crippen LogP contribution in [0.2, 0.25) is 0 Å². The number of ether oxygens (including phenoxy) is 12. The molecule has 476 valence electrons. The second-order valence-electron chi connectivity index (χ2n) is 19.9. The van der Waals surface area contributed by atoms with Crippen LogP contribution >= 0.6 is 0 Å². The molecule has 0 bridgehead atoms. The van der Waals surface area contributed by atoms with Crippen molar-refractivity contribution >= 4 is 5.91 Å². The molecular formula is C45H75NO36. The third-order valence-corrected chi connectivity index (χ3v) is 14.6. The van der Waals surface area contributed by atoms with Crippen LogP contribution in [0.15, 0.2) is 0 Å². The minimum Gasteiger partial charge on any atom is -0.394 e. The van der Waals surface area contributed by atoms with Crippen LogP contribution in [0.4, 0.5) is 0 Å². The fourth-order valence-corrected chi connectivity index (χ4v) is 9.85. The monoisotopic (exact) mass is 1210 g/mol. The zero-order valence-corrected chi connectivity index (χ0v) is 43.0. The van der Waals surface area contributed by atoms with Crippen molar-refractivity contribution in [3.05, 3.63) is 0 Å². The summed E-state index contributed by atoms with van der Waals surface area (Å²) in [4.78, 5) is 12.2. The van der Waals surface area contributed by atoms with Crippen LogP contribution in [0, 0.1) is 12.3 Å². The molecule has 24 N–H and O–H groups in total. The molecule has 0 aromatic rings. The van der Waals surface area contributed by atoms with Gasteiger partial charge in [0.05, 0.1) is 52.8 Å². The van der Waals surface area contributed by atoms with Crippen molar-refractivity contribution in [1.82, 2.24) is 5.32 Å². The van der Waals surface area contributed by atoms with Gasteiger partial charge in [0.1, 0.15) is 165 Å². The number of hydrogen-bond acceptors (Lipinski definition) is 36. The van der Waals surface area contributed by atoms with Crippen molar-refractivity contribution in [3.8, 4) is 12.3 Å². The van der Waals surface area contributed by atoms with Crippen LogP contribution in [0.3, 0.4) is 0 Å². The maximum Gasteiger partial charge on any atom is 0.252 e. The van der Waals surface area contributed by atoms with E-state index in [1.807, 2.05) is 5.92 Å². The molecule has 0 spiro atoms. The number of amides is 1. The average Bonchev–Trinajstić information content (AvgIpc) is 3.62. The highest BCUT2D eigenvalue weighted by Gasteiger charge is 2.58. The average molecular weight is 1210 g/mol. The van der Waals surface area contributed by atoms with Gasteiger partial charge in [-0.25, -0.2) is 0 Å². The largest absolute Gasteiger partial charge is 0.394 e. The summed E-state index contributed by atoms with van der Waals surface area (Å²) in [6, 6.07) is 0. The zero-order valence-electron chi connectivity index (χ0n) is 43.0. The molecule has 82 heavy (non-hydrogen) atoms. The lowest BCUT2D eigenvalue weighted by atomic mass is 9.95. The minimum absolute atomic E-state index is 0.391. The number of carbonyl (C=O) groups excluding carboxylic acids is 1. The van der Waals surface area contributed by atoms with E-state index in [9.17, 15) is 122 Å². The van der Waals surface area contributed by atoms with Gasteiger partial charge >= 0.3 is 0 Å². The second-order valence-corrected chi connectivity index (χ2v) is 19.9. The maximum absolute atomic E-state index is 12.2. The number of nitrogens with one attached hydrogen (secondary N) is 1. The summed E-state index contributed by atoms with van der Waals surface area (Å²) in [5.41, 5.74) is 0. The highest BCUT2D eigenvalue weighted by Crippen LogP contribution is 2.37. The third-order valence-electron chi connectivity index (χ3n) is 14.6. The Labute approximate surface area is 463 Å². The first-order chi connectivity index (χ1) is 38.9. The van der Waals surface area contributed by atoms with E-state index in [4.69, 9.17) is 63.3 Å². The molecule has 37 heteroatoms. The van der Waals surface area contributed by atoms with Gasteiger partial charge < -0.3 is 180 Å². The molecule has 6 aliphatic heterocycles. The van der Waals surface area contributed by atoms with Crippen molar-refractivity contribution in [1.29, 1.82) is 0 Å². The predicted octanol–water partition coefficient (Wildman–Crippen LogP) is -16.9. The summed E-state index contributed by atoms with van der Waals surface area (Å²) in [5.74, 6) is 0.804. The van der Waals surface area contributed by atoms with Crippen LogP contribution in [0.25, 0.3) is 0 Å². The van der Waals surface area contributed by atoms with Gasteiger partial charge in [-0.3, -0.25) is 4.79 Å². The lowest BCUT2D eigenvalue weighted by molar-refractivity contribution is -0.397. The standard InChI is InChI=1S/C45H75NO36/c1-2-3-46-39(70)26(63)20(57)33(11(54)4-47)77-41-28(65)21(58)35(13(6-49)72-41)79-43-30(67)23(60)37(15(8-51)74-43)81-45-32(69)25(62)38(17(10-53)76-45)82-44-31(68)24(61)36(16(9-52)75-44)80-42-29(66)22(59)34(14(7-50)73-42)78-40-27(64)19(56)18(55)12(5-48)71-40/h1,11-38,40-45,47-69H,3-10H2,(H,46,70)/t11-,12-,13-,14-,15-,16-,17-,18-,19+,20+,21-,22-,23-,24-,25-,26+,27-,28-,29-,30-,31-,32-,33-,34-,35-,36-,37-,38-,40-,41-,42-,43-,44-,45-/m1/s1. The molecule has 0 unspecified atom stereocenters. The number of rotatable bonds is 24. The van der Waals surface area contributed by atoms with Crippen LogP contribution in [-0.4, -0.2) is 385 Å². The molecule has 0 aromatic carbocycles. The molecule has 37 nitrogen and oxygen atoms in total. The molecule has 0 saturated carbocycles. The van der Waals surface area contributed by atoms with Gasteiger partial charge in [-0.1, -0.05) is 5.92 Å². The molecule has 6 aliphatic rings. The van der Waals surface area contributed by atoms with E-state index >= 15 is 0 Å². The molecule has 6 rings (SSSR count). The third kappa shape index (κ3) is 14.8. The summed E-state index contributed by atoms with van der Waals surface area (Å²) < 4.78 is 66.7. The number of terminal acetylenes is 1. The van der Waals surface area contributed by atoms with Crippen LogP contribution < -0.4 is 5.32 Å². The van der Waals surface area contributed by atoms with Crippen molar-refractivity contribution < 1.29 is 179 Å². The Kier molecular flexibility index (Phi) is 25.6. The Bertz CT molecular complexity index is 1970. The summed E-state index contributed by atoms with van der Waals surface area (Å²) in [5, 5.41) is 246. The Hall–Kier alpha value is -2.37. The van der Waals surface area contributed by atoms with E-state index in [2.05, 4.69) is 5.32 Å². The van der Waals surface area contributed by atoms with Crippen molar-refractivity contribution in [2.75, 3.05) is 52.8 Å². The van der Waals surface area contributed by atoms with Gasteiger partial charge in [0.25, 0.3) is 5.91 Å². The van der Waals surface area contributed by atoms with Crippen molar-refractivity contribution in [2.24, 2.45) is 0 Å². The summed E-state index contributed by atoms with van der Waals surface area (Å²) in [6.07, 6.45) is -63.4. The van der Waals surface area contributed by atoms with Crippen molar-refractivity contribution in [2.45, 2.75) is 209 Å². The highest BCUT2D eigenvalue weighted by atomic mass is 16.8. The van der Waals surface area contributed by atoms with Crippen LogP contribution in [-0.2, 0) is 61.6 Å². The number of carbonyl (C=O) groups is 1. The quantitative estimate of drug-likeness (QED) is 0.0399.